The second-order valence-corrected chi connectivity index (χ2v) is 4.61. The molecule has 17 heavy (non-hydrogen) atoms. The van der Waals surface area contributed by atoms with E-state index in [1.54, 1.807) is 7.11 Å². The Balaban J connectivity index is 0.00000256. The molecule has 1 amide bonds. The van der Waals surface area contributed by atoms with Crippen molar-refractivity contribution in [3.63, 3.8) is 0 Å². The summed E-state index contributed by atoms with van der Waals surface area (Å²) in [5, 5.41) is 0. The van der Waals surface area contributed by atoms with E-state index in [1.165, 1.54) is 6.42 Å². The fourth-order valence-corrected chi connectivity index (χ4v) is 2.33. The Labute approximate surface area is 110 Å². The fraction of sp³-hybridized carbons (Fsp3) is 0.917. The number of carbonyl (C=O) groups is 1. The summed E-state index contributed by atoms with van der Waals surface area (Å²) in [7, 11) is 1.66. The number of carbonyl (C=O) groups excluding carboxylic acids is 1. The maximum atomic E-state index is 12.0. The van der Waals surface area contributed by atoms with Crippen molar-refractivity contribution < 1.29 is 9.53 Å². The SMILES string of the molecule is COCCCC(=O)N1CCCCC1C(C)N.Cl. The van der Waals surface area contributed by atoms with Crippen LogP contribution in [0.4, 0.5) is 0 Å². The second-order valence-electron chi connectivity index (χ2n) is 4.61. The summed E-state index contributed by atoms with van der Waals surface area (Å²) in [6.45, 7) is 3.52. The summed E-state index contributed by atoms with van der Waals surface area (Å²) in [5.74, 6) is 0.235. The predicted molar refractivity (Wildman–Crippen MR) is 71.4 cm³/mol. The van der Waals surface area contributed by atoms with Gasteiger partial charge in [-0.05, 0) is 32.6 Å². The molecule has 1 heterocycles. The average Bonchev–Trinajstić information content (AvgIpc) is 2.29. The van der Waals surface area contributed by atoms with E-state index in [4.69, 9.17) is 10.5 Å². The van der Waals surface area contributed by atoms with Gasteiger partial charge in [-0.25, -0.2) is 0 Å². The van der Waals surface area contributed by atoms with Gasteiger partial charge in [0.15, 0.2) is 0 Å². The zero-order valence-electron chi connectivity index (χ0n) is 10.9. The summed E-state index contributed by atoms with van der Waals surface area (Å²) in [6, 6.07) is 0.315. The highest BCUT2D eigenvalue weighted by atomic mass is 35.5. The lowest BCUT2D eigenvalue weighted by molar-refractivity contribution is -0.135. The van der Waals surface area contributed by atoms with Gasteiger partial charge in [0.1, 0.15) is 0 Å². The lowest BCUT2D eigenvalue weighted by Gasteiger charge is -2.38. The highest BCUT2D eigenvalue weighted by molar-refractivity contribution is 5.85. The largest absolute Gasteiger partial charge is 0.385 e. The van der Waals surface area contributed by atoms with Crippen LogP contribution in [-0.2, 0) is 9.53 Å². The molecule has 0 radical (unpaired) electrons. The molecule has 102 valence electrons. The van der Waals surface area contributed by atoms with Gasteiger partial charge in [0, 0.05) is 38.8 Å². The molecule has 1 aliphatic rings. The van der Waals surface area contributed by atoms with Crippen molar-refractivity contribution in [3.05, 3.63) is 0 Å². The first kappa shape index (κ1) is 16.7. The molecule has 0 bridgehead atoms. The molecule has 4 nitrogen and oxygen atoms in total. The van der Waals surface area contributed by atoms with Crippen LogP contribution in [0.3, 0.4) is 0 Å². The van der Waals surface area contributed by atoms with Gasteiger partial charge in [-0.2, -0.15) is 0 Å². The summed E-state index contributed by atoms with van der Waals surface area (Å²) >= 11 is 0. The topological polar surface area (TPSA) is 55.6 Å². The van der Waals surface area contributed by atoms with E-state index in [2.05, 4.69) is 0 Å². The van der Waals surface area contributed by atoms with Gasteiger partial charge in [-0.1, -0.05) is 0 Å². The van der Waals surface area contributed by atoms with Crippen LogP contribution in [0.2, 0.25) is 0 Å². The smallest absolute Gasteiger partial charge is 0.222 e. The number of ether oxygens (including phenoxy) is 1. The van der Waals surface area contributed by atoms with Gasteiger partial charge in [0.05, 0.1) is 0 Å². The maximum absolute atomic E-state index is 12.0. The first-order chi connectivity index (χ1) is 7.66. The number of nitrogens with two attached hydrogens (primary N) is 1. The number of hydrogen-bond acceptors (Lipinski definition) is 3. The quantitative estimate of drug-likeness (QED) is 0.767. The van der Waals surface area contributed by atoms with E-state index in [0.29, 0.717) is 13.0 Å². The van der Waals surface area contributed by atoms with Crippen LogP contribution >= 0.6 is 12.4 Å². The van der Waals surface area contributed by atoms with Crippen molar-refractivity contribution in [2.75, 3.05) is 20.3 Å². The zero-order chi connectivity index (χ0) is 12.0. The van der Waals surface area contributed by atoms with Gasteiger partial charge in [-0.15, -0.1) is 12.4 Å². The van der Waals surface area contributed by atoms with E-state index in [9.17, 15) is 4.79 Å². The summed E-state index contributed by atoms with van der Waals surface area (Å²) in [4.78, 5) is 14.0. The van der Waals surface area contributed by atoms with E-state index in [-0.39, 0.29) is 30.4 Å². The van der Waals surface area contributed by atoms with Crippen LogP contribution in [0, 0.1) is 0 Å². The minimum absolute atomic E-state index is 0. The van der Waals surface area contributed by atoms with Crippen LogP contribution in [0.5, 0.6) is 0 Å². The molecule has 1 saturated heterocycles. The number of halogens is 1. The third-order valence-corrected chi connectivity index (χ3v) is 3.22. The number of likely N-dealkylation sites (tertiary alicyclic amines) is 1. The average molecular weight is 265 g/mol. The molecule has 0 aliphatic carbocycles. The first-order valence-electron chi connectivity index (χ1n) is 6.20. The molecular formula is C12H25ClN2O2. The minimum atomic E-state index is 0. The molecule has 0 spiro atoms. The van der Waals surface area contributed by atoms with E-state index >= 15 is 0 Å². The number of nitrogens with zero attached hydrogens (tertiary/aromatic N) is 1. The Morgan fingerprint density at radius 3 is 2.82 bits per heavy atom. The van der Waals surface area contributed by atoms with Crippen LogP contribution in [0.15, 0.2) is 0 Å². The Kier molecular flexibility index (Phi) is 8.56. The summed E-state index contributed by atoms with van der Waals surface area (Å²) in [6.07, 6.45) is 4.73. The Bertz CT molecular complexity index is 225. The van der Waals surface area contributed by atoms with Crippen molar-refractivity contribution in [2.45, 2.75) is 51.1 Å². The Morgan fingerprint density at radius 2 is 2.24 bits per heavy atom. The van der Waals surface area contributed by atoms with E-state index in [0.717, 1.165) is 25.8 Å². The molecule has 0 aromatic carbocycles. The van der Waals surface area contributed by atoms with E-state index < -0.39 is 0 Å². The van der Waals surface area contributed by atoms with Crippen LogP contribution in [0.1, 0.15) is 39.0 Å². The van der Waals surface area contributed by atoms with Gasteiger partial charge in [-0.3, -0.25) is 4.79 Å². The molecule has 1 rings (SSSR count). The molecule has 2 atom stereocenters. The van der Waals surface area contributed by atoms with Crippen LogP contribution in [-0.4, -0.2) is 43.2 Å². The number of piperidine rings is 1. The molecule has 0 saturated carbocycles. The van der Waals surface area contributed by atoms with Crippen molar-refractivity contribution in [1.82, 2.24) is 4.90 Å². The normalized spacial score (nSPS) is 21.8. The van der Waals surface area contributed by atoms with Gasteiger partial charge >= 0.3 is 0 Å². The van der Waals surface area contributed by atoms with Gasteiger partial charge in [0.25, 0.3) is 0 Å². The highest BCUT2D eigenvalue weighted by Gasteiger charge is 2.28. The van der Waals surface area contributed by atoms with Crippen LogP contribution in [0.25, 0.3) is 0 Å². The molecule has 0 aromatic heterocycles. The number of rotatable bonds is 5. The monoisotopic (exact) mass is 264 g/mol. The number of methoxy groups -OCH3 is 1. The van der Waals surface area contributed by atoms with Crippen molar-refractivity contribution in [1.29, 1.82) is 0 Å². The van der Waals surface area contributed by atoms with Crippen molar-refractivity contribution >= 4 is 18.3 Å². The van der Waals surface area contributed by atoms with Gasteiger partial charge in [0.2, 0.25) is 5.91 Å². The lowest BCUT2D eigenvalue weighted by atomic mass is 9.96. The zero-order valence-corrected chi connectivity index (χ0v) is 11.7. The Morgan fingerprint density at radius 1 is 1.53 bits per heavy atom. The molecule has 0 aromatic rings. The highest BCUT2D eigenvalue weighted by Crippen LogP contribution is 2.20. The summed E-state index contributed by atoms with van der Waals surface area (Å²) < 4.78 is 4.96. The van der Waals surface area contributed by atoms with E-state index in [1.807, 2.05) is 11.8 Å². The molecular weight excluding hydrogens is 240 g/mol. The summed E-state index contributed by atoms with van der Waals surface area (Å²) in [5.41, 5.74) is 5.93. The van der Waals surface area contributed by atoms with Gasteiger partial charge < -0.3 is 15.4 Å². The second kappa shape index (κ2) is 8.72. The minimum Gasteiger partial charge on any atom is -0.385 e. The lowest BCUT2D eigenvalue weighted by Crippen LogP contribution is -2.51. The standard InChI is InChI=1S/C12H24N2O2.ClH/c1-10(13)11-6-3-4-8-14(11)12(15)7-5-9-16-2;/h10-11H,3-9,13H2,1-2H3;1H. The molecule has 1 aliphatic heterocycles. The third-order valence-electron chi connectivity index (χ3n) is 3.22. The Hall–Kier alpha value is -0.320. The third kappa shape index (κ3) is 5.23. The van der Waals surface area contributed by atoms with Crippen molar-refractivity contribution in [3.8, 4) is 0 Å². The molecule has 2 unspecified atom stereocenters. The fourth-order valence-electron chi connectivity index (χ4n) is 2.33. The molecule has 2 N–H and O–H groups in total. The van der Waals surface area contributed by atoms with Crippen molar-refractivity contribution in [2.24, 2.45) is 5.73 Å². The molecule has 1 fully saturated rings. The number of amides is 1. The first-order valence-corrected chi connectivity index (χ1v) is 6.20. The predicted octanol–water partition coefficient (Wildman–Crippen LogP) is 1.56. The number of hydrogen-bond donors (Lipinski definition) is 1. The maximum Gasteiger partial charge on any atom is 0.222 e. The molecule has 5 heteroatoms. The van der Waals surface area contributed by atoms with Crippen LogP contribution < -0.4 is 5.73 Å².